The number of morpholine rings is 1. The van der Waals surface area contributed by atoms with E-state index in [0.29, 0.717) is 43.7 Å². The number of halogens is 3. The number of nitrogens with one attached hydrogen (secondary N) is 2. The highest BCUT2D eigenvalue weighted by atomic mass is 35.5. The number of aromatic nitrogens is 3. The molecule has 0 aliphatic carbocycles. The molecule has 2 aromatic heterocycles. The molecular weight excluding hydrogens is 534 g/mol. The number of piperidine rings is 1. The zero-order valence-corrected chi connectivity index (χ0v) is 22.4. The van der Waals surface area contributed by atoms with Gasteiger partial charge in [-0.2, -0.15) is 5.10 Å². The van der Waals surface area contributed by atoms with Crippen molar-refractivity contribution in [1.29, 1.82) is 0 Å². The third-order valence-corrected chi connectivity index (χ3v) is 7.50. The Balaban J connectivity index is 1.45. The van der Waals surface area contributed by atoms with Crippen molar-refractivity contribution in [2.24, 2.45) is 0 Å². The van der Waals surface area contributed by atoms with Crippen molar-refractivity contribution in [2.75, 3.05) is 44.7 Å². The molecule has 5 rings (SSSR count). The summed E-state index contributed by atoms with van der Waals surface area (Å²) in [7, 11) is 0. The maximum absolute atomic E-state index is 14.2. The summed E-state index contributed by atoms with van der Waals surface area (Å²) in [6.07, 6.45) is 6.72. The summed E-state index contributed by atoms with van der Waals surface area (Å²) in [6.45, 7) is 5.51. The molecule has 38 heavy (non-hydrogen) atoms. The number of carbonyl (C=O) groups is 1. The van der Waals surface area contributed by atoms with Crippen molar-refractivity contribution < 1.29 is 18.7 Å². The Bertz CT molecular complexity index is 1290. The van der Waals surface area contributed by atoms with Crippen molar-refractivity contribution in [3.63, 3.8) is 0 Å². The van der Waals surface area contributed by atoms with E-state index in [9.17, 15) is 9.18 Å². The zero-order valence-electron chi connectivity index (χ0n) is 20.9. The Morgan fingerprint density at radius 3 is 2.74 bits per heavy atom. The number of urea groups is 1. The lowest BCUT2D eigenvalue weighted by Crippen LogP contribution is -2.43. The molecule has 3 aromatic rings. The van der Waals surface area contributed by atoms with Crippen LogP contribution in [0.5, 0.6) is 5.75 Å². The molecule has 4 heterocycles. The highest BCUT2D eigenvalue weighted by molar-refractivity contribution is 6.36. The van der Waals surface area contributed by atoms with Gasteiger partial charge in [0, 0.05) is 47.2 Å². The number of carbonyl (C=O) groups excluding carboxylic acids is 1. The molecule has 12 heteroatoms. The minimum atomic E-state index is -0.737. The fourth-order valence-electron chi connectivity index (χ4n) is 4.66. The highest BCUT2D eigenvalue weighted by Gasteiger charge is 2.24. The van der Waals surface area contributed by atoms with Crippen LogP contribution in [0.2, 0.25) is 10.0 Å². The van der Waals surface area contributed by atoms with Crippen LogP contribution in [0.3, 0.4) is 0 Å². The van der Waals surface area contributed by atoms with Gasteiger partial charge in [0.05, 0.1) is 30.5 Å². The number of hydrogen-bond donors (Lipinski definition) is 2. The molecule has 2 amide bonds. The lowest BCUT2D eigenvalue weighted by molar-refractivity contribution is 0.0564. The van der Waals surface area contributed by atoms with Gasteiger partial charge >= 0.3 is 6.03 Å². The van der Waals surface area contributed by atoms with Crippen LogP contribution in [-0.4, -0.2) is 65.1 Å². The predicted molar refractivity (Wildman–Crippen MR) is 143 cm³/mol. The van der Waals surface area contributed by atoms with Gasteiger partial charge in [0.1, 0.15) is 11.9 Å². The molecule has 9 nitrogen and oxygen atoms in total. The lowest BCUT2D eigenvalue weighted by Gasteiger charge is -2.27. The second kappa shape index (κ2) is 11.9. The van der Waals surface area contributed by atoms with E-state index in [-0.39, 0.29) is 21.9 Å². The predicted octanol–water partition coefficient (Wildman–Crippen LogP) is 5.32. The fraction of sp³-hybridized carbons (Fsp3) is 0.423. The zero-order chi connectivity index (χ0) is 26.6. The highest BCUT2D eigenvalue weighted by Crippen LogP contribution is 2.38. The first-order valence-electron chi connectivity index (χ1n) is 12.6. The second-order valence-corrected chi connectivity index (χ2v) is 10.1. The van der Waals surface area contributed by atoms with Crippen LogP contribution in [-0.2, 0) is 4.74 Å². The molecule has 0 bridgehead atoms. The summed E-state index contributed by atoms with van der Waals surface area (Å²) in [5.74, 6) is -0.0753. The van der Waals surface area contributed by atoms with Crippen LogP contribution < -0.4 is 15.4 Å². The van der Waals surface area contributed by atoms with E-state index in [1.165, 1.54) is 12.1 Å². The number of hydrogen-bond acceptors (Lipinski definition) is 6. The van der Waals surface area contributed by atoms with Gasteiger partial charge in [0.15, 0.2) is 11.6 Å². The molecule has 2 N–H and O–H groups in total. The van der Waals surface area contributed by atoms with E-state index in [4.69, 9.17) is 32.7 Å². The summed E-state index contributed by atoms with van der Waals surface area (Å²) < 4.78 is 27.8. The van der Waals surface area contributed by atoms with E-state index in [1.807, 2.05) is 10.9 Å². The van der Waals surface area contributed by atoms with Gasteiger partial charge in [-0.15, -0.1) is 0 Å². The molecule has 2 fully saturated rings. The van der Waals surface area contributed by atoms with E-state index in [0.717, 1.165) is 37.1 Å². The van der Waals surface area contributed by atoms with Gasteiger partial charge in [-0.1, -0.05) is 23.2 Å². The van der Waals surface area contributed by atoms with E-state index in [2.05, 4.69) is 20.7 Å². The number of nitrogens with zero attached hydrogens (tertiary/aromatic N) is 4. The molecule has 0 radical (unpaired) electrons. The average Bonchev–Trinajstić information content (AvgIpc) is 3.43. The third kappa shape index (κ3) is 5.88. The second-order valence-electron chi connectivity index (χ2n) is 9.31. The number of amides is 2. The van der Waals surface area contributed by atoms with Gasteiger partial charge in [0.25, 0.3) is 0 Å². The summed E-state index contributed by atoms with van der Waals surface area (Å²) in [6, 6.07) is 4.44. The Morgan fingerprint density at radius 1 is 1.21 bits per heavy atom. The van der Waals surface area contributed by atoms with Crippen molar-refractivity contribution in [1.82, 2.24) is 25.0 Å². The van der Waals surface area contributed by atoms with E-state index >= 15 is 0 Å². The summed E-state index contributed by atoms with van der Waals surface area (Å²) in [4.78, 5) is 19.1. The fourth-order valence-corrected chi connectivity index (χ4v) is 5.33. The molecule has 0 saturated carbocycles. The van der Waals surface area contributed by atoms with Gasteiger partial charge in [-0.3, -0.25) is 10.00 Å². The number of rotatable bonds is 6. The van der Waals surface area contributed by atoms with Crippen molar-refractivity contribution in [3.05, 3.63) is 58.2 Å². The first-order valence-corrected chi connectivity index (χ1v) is 13.4. The monoisotopic (exact) mass is 562 g/mol. The number of ether oxygens (including phenoxy) is 2. The Morgan fingerprint density at radius 2 is 1.97 bits per heavy atom. The van der Waals surface area contributed by atoms with E-state index in [1.54, 1.807) is 30.3 Å². The molecule has 202 valence electrons. The Hall–Kier alpha value is -2.92. The molecule has 1 atom stereocenters. The van der Waals surface area contributed by atoms with Gasteiger partial charge < -0.3 is 19.7 Å². The normalized spacial score (nSPS) is 17.3. The SMILES string of the molecule is C[C@@H](Oc1cc(-c2cnn(C3CCNCC3)c2)cnc1NC(=O)N1CCOCC1)c1c(Cl)ccc(F)c1Cl. The summed E-state index contributed by atoms with van der Waals surface area (Å²) in [5, 5.41) is 10.9. The summed E-state index contributed by atoms with van der Waals surface area (Å²) in [5.41, 5.74) is 1.93. The number of pyridine rings is 1. The number of benzene rings is 1. The third-order valence-electron chi connectivity index (χ3n) is 6.78. The van der Waals surface area contributed by atoms with Crippen molar-refractivity contribution in [2.45, 2.75) is 31.9 Å². The summed E-state index contributed by atoms with van der Waals surface area (Å²) >= 11 is 12.6. The van der Waals surface area contributed by atoms with Crippen LogP contribution in [0.15, 0.2) is 36.8 Å². The van der Waals surface area contributed by atoms with Crippen molar-refractivity contribution >= 4 is 35.1 Å². The van der Waals surface area contributed by atoms with Gasteiger partial charge in [-0.05, 0) is 51.1 Å². The Labute approximate surface area is 230 Å². The first-order chi connectivity index (χ1) is 18.4. The van der Waals surface area contributed by atoms with Gasteiger partial charge in [0.2, 0.25) is 0 Å². The van der Waals surface area contributed by atoms with Crippen LogP contribution in [0.25, 0.3) is 11.1 Å². The van der Waals surface area contributed by atoms with Gasteiger partial charge in [-0.25, -0.2) is 14.2 Å². The van der Waals surface area contributed by atoms with Crippen LogP contribution >= 0.6 is 23.2 Å². The minimum Gasteiger partial charge on any atom is -0.482 e. The van der Waals surface area contributed by atoms with Crippen LogP contribution in [0, 0.1) is 5.82 Å². The smallest absolute Gasteiger partial charge is 0.323 e. The standard InChI is InChI=1S/C26H29Cl2FN6O3/c1-16(23-20(27)2-3-21(29)24(23)28)38-22-12-17(18-14-32-35(15-18)19-4-6-30-7-5-19)13-31-25(22)33-26(36)34-8-10-37-11-9-34/h2-3,12-16,19,30H,4-11H2,1H3,(H,31,33,36)/t16-/m1/s1. The molecule has 2 aliphatic rings. The molecule has 2 saturated heterocycles. The quantitative estimate of drug-likeness (QED) is 0.395. The number of anilines is 1. The Kier molecular flexibility index (Phi) is 8.32. The largest absolute Gasteiger partial charge is 0.482 e. The molecule has 1 aromatic carbocycles. The molecule has 2 aliphatic heterocycles. The molecule has 0 unspecified atom stereocenters. The van der Waals surface area contributed by atoms with Crippen LogP contribution in [0.4, 0.5) is 15.0 Å². The minimum absolute atomic E-state index is 0.115. The van der Waals surface area contributed by atoms with Crippen LogP contribution in [0.1, 0.15) is 37.5 Å². The van der Waals surface area contributed by atoms with Crippen molar-refractivity contribution in [3.8, 4) is 16.9 Å². The van der Waals surface area contributed by atoms with E-state index < -0.39 is 11.9 Å². The maximum atomic E-state index is 14.2. The lowest BCUT2D eigenvalue weighted by atomic mass is 10.1. The average molecular weight is 563 g/mol. The maximum Gasteiger partial charge on any atom is 0.323 e. The first kappa shape index (κ1) is 26.7. The molecule has 0 spiro atoms. The topological polar surface area (TPSA) is 93.5 Å². The molecular formula is C26H29Cl2FN6O3.